The van der Waals surface area contributed by atoms with Gasteiger partial charge in [-0.25, -0.2) is 0 Å². The molecule has 0 saturated carbocycles. The van der Waals surface area contributed by atoms with Gasteiger partial charge >= 0.3 is 0 Å². The SMILES string of the molecule is COc1ccc(CNC(=O)c2ccc(C(=O)N3CCN(C=O)CC3)cc2)cc1. The maximum absolute atomic E-state index is 12.5. The minimum Gasteiger partial charge on any atom is -0.497 e. The lowest BCUT2D eigenvalue weighted by Crippen LogP contribution is -2.48. The number of rotatable bonds is 6. The third kappa shape index (κ3) is 4.68. The predicted octanol–water partition coefficient (Wildman–Crippen LogP) is 1.54. The van der Waals surface area contributed by atoms with Crippen LogP contribution in [0.15, 0.2) is 48.5 Å². The fourth-order valence-corrected chi connectivity index (χ4v) is 3.00. The summed E-state index contributed by atoms with van der Waals surface area (Å²) in [5.74, 6) is 0.480. The van der Waals surface area contributed by atoms with Crippen molar-refractivity contribution in [1.82, 2.24) is 15.1 Å². The Kier molecular flexibility index (Phi) is 6.26. The van der Waals surface area contributed by atoms with Crippen molar-refractivity contribution in [2.45, 2.75) is 6.54 Å². The molecule has 0 atom stereocenters. The molecule has 0 spiro atoms. The molecule has 7 heteroatoms. The van der Waals surface area contributed by atoms with Crippen LogP contribution in [0.1, 0.15) is 26.3 Å². The van der Waals surface area contributed by atoms with Gasteiger partial charge in [0, 0.05) is 43.9 Å². The molecular weight excluding hydrogens is 358 g/mol. The number of carbonyl (C=O) groups is 3. The molecule has 1 saturated heterocycles. The van der Waals surface area contributed by atoms with Gasteiger partial charge in [-0.3, -0.25) is 14.4 Å². The highest BCUT2D eigenvalue weighted by atomic mass is 16.5. The summed E-state index contributed by atoms with van der Waals surface area (Å²) < 4.78 is 5.11. The summed E-state index contributed by atoms with van der Waals surface area (Å²) in [5, 5.41) is 2.86. The average Bonchev–Trinajstić information content (AvgIpc) is 2.77. The Bertz CT molecular complexity index is 826. The highest BCUT2D eigenvalue weighted by molar-refractivity contribution is 5.97. The van der Waals surface area contributed by atoms with Gasteiger partial charge in [-0.15, -0.1) is 0 Å². The Balaban J connectivity index is 1.54. The minimum absolute atomic E-state index is 0.0873. The Morgan fingerprint density at radius 1 is 0.964 bits per heavy atom. The van der Waals surface area contributed by atoms with Crippen LogP contribution in [0.3, 0.4) is 0 Å². The Labute approximate surface area is 163 Å². The third-order valence-corrected chi connectivity index (χ3v) is 4.76. The van der Waals surface area contributed by atoms with Gasteiger partial charge in [0.25, 0.3) is 11.8 Å². The summed E-state index contributed by atoms with van der Waals surface area (Å²) >= 11 is 0. The Hall–Kier alpha value is -3.35. The second kappa shape index (κ2) is 9.03. The molecule has 1 aliphatic rings. The molecule has 2 aromatic rings. The van der Waals surface area contributed by atoms with Crippen molar-refractivity contribution in [3.8, 4) is 5.75 Å². The van der Waals surface area contributed by atoms with Crippen LogP contribution >= 0.6 is 0 Å². The summed E-state index contributed by atoms with van der Waals surface area (Å²) in [4.78, 5) is 39.0. The number of nitrogens with zero attached hydrogens (tertiary/aromatic N) is 2. The fraction of sp³-hybridized carbons (Fsp3) is 0.286. The van der Waals surface area contributed by atoms with E-state index < -0.39 is 0 Å². The first kappa shape index (κ1) is 19.4. The van der Waals surface area contributed by atoms with Crippen molar-refractivity contribution in [2.24, 2.45) is 0 Å². The molecule has 3 rings (SSSR count). The van der Waals surface area contributed by atoms with Gasteiger partial charge in [0.05, 0.1) is 7.11 Å². The molecule has 0 radical (unpaired) electrons. The van der Waals surface area contributed by atoms with Crippen molar-refractivity contribution in [3.63, 3.8) is 0 Å². The lowest BCUT2D eigenvalue weighted by Gasteiger charge is -2.32. The molecule has 2 aromatic carbocycles. The van der Waals surface area contributed by atoms with Gasteiger partial charge in [-0.2, -0.15) is 0 Å². The zero-order valence-corrected chi connectivity index (χ0v) is 15.8. The maximum atomic E-state index is 12.5. The molecule has 1 fully saturated rings. The molecule has 0 bridgehead atoms. The van der Waals surface area contributed by atoms with E-state index in [2.05, 4.69) is 5.32 Å². The number of benzene rings is 2. The standard InChI is InChI=1S/C21H23N3O4/c1-28-19-8-2-16(3-9-19)14-22-20(26)17-4-6-18(7-5-17)21(27)24-12-10-23(15-25)11-13-24/h2-9,15H,10-14H2,1H3,(H,22,26). The van der Waals surface area contributed by atoms with E-state index >= 15 is 0 Å². The van der Waals surface area contributed by atoms with E-state index in [1.54, 1.807) is 41.2 Å². The average molecular weight is 381 g/mol. The van der Waals surface area contributed by atoms with Crippen molar-refractivity contribution < 1.29 is 19.1 Å². The molecule has 7 nitrogen and oxygen atoms in total. The molecule has 28 heavy (non-hydrogen) atoms. The number of hydrogen-bond acceptors (Lipinski definition) is 4. The first-order valence-corrected chi connectivity index (χ1v) is 9.10. The summed E-state index contributed by atoms with van der Waals surface area (Å²) in [6.45, 7) is 2.52. The molecule has 1 aliphatic heterocycles. The van der Waals surface area contributed by atoms with Gasteiger partial charge in [-0.05, 0) is 42.0 Å². The summed E-state index contributed by atoms with van der Waals surface area (Å²) in [6, 6.07) is 14.1. The quantitative estimate of drug-likeness (QED) is 0.770. The van der Waals surface area contributed by atoms with Crippen LogP contribution in [0.4, 0.5) is 0 Å². The molecular formula is C21H23N3O4. The number of nitrogens with one attached hydrogen (secondary N) is 1. The van der Waals surface area contributed by atoms with Crippen molar-refractivity contribution in [2.75, 3.05) is 33.3 Å². The fourth-order valence-electron chi connectivity index (χ4n) is 3.00. The van der Waals surface area contributed by atoms with Gasteiger partial charge in [-0.1, -0.05) is 12.1 Å². The van der Waals surface area contributed by atoms with E-state index in [-0.39, 0.29) is 11.8 Å². The van der Waals surface area contributed by atoms with Gasteiger partial charge < -0.3 is 19.9 Å². The summed E-state index contributed by atoms with van der Waals surface area (Å²) in [5.41, 5.74) is 2.00. The Morgan fingerprint density at radius 2 is 1.57 bits per heavy atom. The molecule has 146 valence electrons. The van der Waals surface area contributed by atoms with Crippen LogP contribution in [0.25, 0.3) is 0 Å². The normalized spacial score (nSPS) is 13.8. The number of piperazine rings is 1. The number of hydrogen-bond donors (Lipinski definition) is 1. The number of amides is 3. The third-order valence-electron chi connectivity index (χ3n) is 4.76. The molecule has 0 aliphatic carbocycles. The zero-order valence-electron chi connectivity index (χ0n) is 15.8. The smallest absolute Gasteiger partial charge is 0.253 e. The van der Waals surface area contributed by atoms with E-state index in [0.29, 0.717) is 43.9 Å². The summed E-state index contributed by atoms with van der Waals surface area (Å²) in [6.07, 6.45) is 0.807. The topological polar surface area (TPSA) is 79.0 Å². The highest BCUT2D eigenvalue weighted by Gasteiger charge is 2.21. The van der Waals surface area contributed by atoms with Gasteiger partial charge in [0.2, 0.25) is 6.41 Å². The number of carbonyl (C=O) groups excluding carboxylic acids is 3. The van der Waals surface area contributed by atoms with Gasteiger partial charge in [0.15, 0.2) is 0 Å². The lowest BCUT2D eigenvalue weighted by atomic mass is 10.1. The number of ether oxygens (including phenoxy) is 1. The van der Waals surface area contributed by atoms with Crippen LogP contribution < -0.4 is 10.1 Å². The van der Waals surface area contributed by atoms with Gasteiger partial charge in [0.1, 0.15) is 5.75 Å². The molecule has 1 N–H and O–H groups in total. The van der Waals surface area contributed by atoms with Crippen LogP contribution in [-0.4, -0.2) is 61.3 Å². The van der Waals surface area contributed by atoms with Crippen LogP contribution in [0, 0.1) is 0 Å². The van der Waals surface area contributed by atoms with E-state index in [1.165, 1.54) is 0 Å². The largest absolute Gasteiger partial charge is 0.497 e. The van der Waals surface area contributed by atoms with Crippen LogP contribution in [0.2, 0.25) is 0 Å². The summed E-state index contributed by atoms with van der Waals surface area (Å²) in [7, 11) is 1.61. The van der Waals surface area contributed by atoms with E-state index in [9.17, 15) is 14.4 Å². The molecule has 1 heterocycles. The second-order valence-electron chi connectivity index (χ2n) is 6.54. The monoisotopic (exact) mass is 381 g/mol. The van der Waals surface area contributed by atoms with Crippen molar-refractivity contribution in [1.29, 1.82) is 0 Å². The van der Waals surface area contributed by atoms with E-state index in [0.717, 1.165) is 17.7 Å². The lowest BCUT2D eigenvalue weighted by molar-refractivity contribution is -0.119. The van der Waals surface area contributed by atoms with Crippen LogP contribution in [0.5, 0.6) is 5.75 Å². The van der Waals surface area contributed by atoms with Crippen LogP contribution in [-0.2, 0) is 11.3 Å². The van der Waals surface area contributed by atoms with E-state index in [4.69, 9.17) is 4.74 Å². The van der Waals surface area contributed by atoms with Crippen molar-refractivity contribution in [3.05, 3.63) is 65.2 Å². The number of methoxy groups -OCH3 is 1. The first-order valence-electron chi connectivity index (χ1n) is 9.10. The van der Waals surface area contributed by atoms with Crippen molar-refractivity contribution >= 4 is 18.2 Å². The second-order valence-corrected chi connectivity index (χ2v) is 6.54. The first-order chi connectivity index (χ1) is 13.6. The molecule has 0 unspecified atom stereocenters. The Morgan fingerprint density at radius 3 is 2.14 bits per heavy atom. The zero-order chi connectivity index (χ0) is 19.9. The maximum Gasteiger partial charge on any atom is 0.253 e. The minimum atomic E-state index is -0.200. The molecule has 0 aromatic heterocycles. The predicted molar refractivity (Wildman–Crippen MR) is 104 cm³/mol. The van der Waals surface area contributed by atoms with E-state index in [1.807, 2.05) is 24.3 Å². The highest BCUT2D eigenvalue weighted by Crippen LogP contribution is 2.12. The molecule has 3 amide bonds.